The predicted molar refractivity (Wildman–Crippen MR) is 58.0 cm³/mol. The Morgan fingerprint density at radius 3 is 3.00 bits per heavy atom. The van der Waals surface area contributed by atoms with E-state index in [-0.39, 0.29) is 0 Å². The highest BCUT2D eigenvalue weighted by atomic mass is 32.1. The fraction of sp³-hybridized carbons (Fsp3) is 0.556. The van der Waals surface area contributed by atoms with Crippen molar-refractivity contribution in [3.63, 3.8) is 0 Å². The molecule has 0 aromatic carbocycles. The highest BCUT2D eigenvalue weighted by molar-refractivity contribution is 7.71. The molecule has 0 bridgehead atoms. The molecule has 3 rings (SSSR count). The first-order valence-electron chi connectivity index (χ1n) is 5.15. The summed E-state index contributed by atoms with van der Waals surface area (Å²) in [6, 6.07) is 0.475. The fourth-order valence-corrected chi connectivity index (χ4v) is 2.38. The highest BCUT2D eigenvalue weighted by Gasteiger charge is 2.20. The van der Waals surface area contributed by atoms with E-state index in [0.717, 1.165) is 5.65 Å². The molecular formula is C9H11N5S. The molecule has 0 amide bonds. The van der Waals surface area contributed by atoms with Crippen molar-refractivity contribution >= 4 is 23.4 Å². The van der Waals surface area contributed by atoms with Crippen LogP contribution in [0.25, 0.3) is 11.2 Å². The smallest absolute Gasteiger partial charge is 0.166 e. The van der Waals surface area contributed by atoms with Crippen LogP contribution in [0.1, 0.15) is 31.7 Å². The fourth-order valence-electron chi connectivity index (χ4n) is 2.19. The van der Waals surface area contributed by atoms with E-state index in [1.165, 1.54) is 25.7 Å². The van der Waals surface area contributed by atoms with Gasteiger partial charge in [-0.25, -0.2) is 9.67 Å². The Hall–Kier alpha value is -1.30. The molecule has 0 atom stereocenters. The van der Waals surface area contributed by atoms with E-state index in [0.29, 0.717) is 16.2 Å². The first-order valence-corrected chi connectivity index (χ1v) is 5.55. The third-order valence-electron chi connectivity index (χ3n) is 2.95. The molecule has 0 unspecified atom stereocenters. The van der Waals surface area contributed by atoms with Gasteiger partial charge >= 0.3 is 0 Å². The highest BCUT2D eigenvalue weighted by Crippen LogP contribution is 2.30. The van der Waals surface area contributed by atoms with Gasteiger partial charge in [0, 0.05) is 0 Å². The molecule has 6 heteroatoms. The number of nitrogens with zero attached hydrogens (tertiary/aromatic N) is 4. The van der Waals surface area contributed by atoms with Gasteiger partial charge in [0.2, 0.25) is 0 Å². The lowest BCUT2D eigenvalue weighted by Gasteiger charge is -2.08. The molecule has 5 nitrogen and oxygen atoms in total. The minimum atomic E-state index is 0.475. The van der Waals surface area contributed by atoms with Crippen molar-refractivity contribution in [1.82, 2.24) is 25.0 Å². The van der Waals surface area contributed by atoms with Gasteiger partial charge in [0.1, 0.15) is 0 Å². The number of H-pyrrole nitrogens is 1. The zero-order valence-electron chi connectivity index (χ0n) is 8.18. The van der Waals surface area contributed by atoms with Crippen LogP contribution in [0.15, 0.2) is 6.33 Å². The van der Waals surface area contributed by atoms with E-state index in [1.807, 2.05) is 4.68 Å². The van der Waals surface area contributed by atoms with Gasteiger partial charge in [0.15, 0.2) is 15.8 Å². The molecule has 0 aliphatic heterocycles. The summed E-state index contributed by atoms with van der Waals surface area (Å²) < 4.78 is 2.48. The van der Waals surface area contributed by atoms with Crippen molar-refractivity contribution in [1.29, 1.82) is 0 Å². The van der Waals surface area contributed by atoms with Crippen LogP contribution in [-0.2, 0) is 0 Å². The first-order chi connectivity index (χ1) is 7.36. The molecule has 2 aromatic rings. The Labute approximate surface area is 91.5 Å². The van der Waals surface area contributed by atoms with Gasteiger partial charge < -0.3 is 4.98 Å². The topological polar surface area (TPSA) is 59.4 Å². The molecule has 78 valence electrons. The summed E-state index contributed by atoms with van der Waals surface area (Å²) >= 11 is 5.09. The summed E-state index contributed by atoms with van der Waals surface area (Å²) in [5.41, 5.74) is 1.61. The zero-order chi connectivity index (χ0) is 10.3. The zero-order valence-corrected chi connectivity index (χ0v) is 9.00. The van der Waals surface area contributed by atoms with Crippen LogP contribution >= 0.6 is 12.2 Å². The van der Waals surface area contributed by atoms with E-state index in [2.05, 4.69) is 20.3 Å². The second kappa shape index (κ2) is 3.37. The molecule has 1 aliphatic rings. The number of aromatic nitrogens is 5. The van der Waals surface area contributed by atoms with Crippen LogP contribution in [-0.4, -0.2) is 25.0 Å². The van der Waals surface area contributed by atoms with Crippen LogP contribution in [0.2, 0.25) is 0 Å². The van der Waals surface area contributed by atoms with Gasteiger partial charge in [0.05, 0.1) is 12.4 Å². The van der Waals surface area contributed by atoms with Crippen molar-refractivity contribution in [2.75, 3.05) is 0 Å². The lowest BCUT2D eigenvalue weighted by Crippen LogP contribution is -2.07. The number of rotatable bonds is 1. The number of hydrogen-bond acceptors (Lipinski definition) is 4. The van der Waals surface area contributed by atoms with Crippen LogP contribution < -0.4 is 0 Å². The van der Waals surface area contributed by atoms with Crippen LogP contribution in [0.4, 0.5) is 0 Å². The monoisotopic (exact) mass is 221 g/mol. The average Bonchev–Trinajstić information content (AvgIpc) is 2.85. The molecule has 0 spiro atoms. The molecule has 2 aromatic heterocycles. The summed E-state index contributed by atoms with van der Waals surface area (Å²) in [5, 5.41) is 8.24. The van der Waals surface area contributed by atoms with Crippen LogP contribution in [0, 0.1) is 4.64 Å². The summed E-state index contributed by atoms with van der Waals surface area (Å²) in [5.74, 6) is 0. The molecular weight excluding hydrogens is 210 g/mol. The van der Waals surface area contributed by atoms with Gasteiger partial charge in [-0.1, -0.05) is 30.3 Å². The van der Waals surface area contributed by atoms with E-state index in [9.17, 15) is 0 Å². The molecule has 2 heterocycles. The Bertz CT molecular complexity index is 537. The normalized spacial score (nSPS) is 17.6. The minimum Gasteiger partial charge on any atom is -0.329 e. The van der Waals surface area contributed by atoms with E-state index >= 15 is 0 Å². The largest absolute Gasteiger partial charge is 0.329 e. The summed E-state index contributed by atoms with van der Waals surface area (Å²) in [7, 11) is 0. The Balaban J connectivity index is 2.19. The molecule has 1 aliphatic carbocycles. The minimum absolute atomic E-state index is 0.475. The van der Waals surface area contributed by atoms with Gasteiger partial charge in [-0.2, -0.15) is 0 Å². The van der Waals surface area contributed by atoms with Crippen molar-refractivity contribution in [3.8, 4) is 0 Å². The molecule has 0 radical (unpaired) electrons. The molecule has 0 saturated heterocycles. The van der Waals surface area contributed by atoms with Crippen molar-refractivity contribution in [3.05, 3.63) is 11.0 Å². The first kappa shape index (κ1) is 8.96. The molecule has 1 N–H and O–H groups in total. The number of fused-ring (bicyclic) bond motifs is 1. The third-order valence-corrected chi connectivity index (χ3v) is 3.25. The Kier molecular flexibility index (Phi) is 2.02. The number of hydrogen-bond donors (Lipinski definition) is 1. The summed E-state index contributed by atoms with van der Waals surface area (Å²) in [4.78, 5) is 7.07. The van der Waals surface area contributed by atoms with Crippen molar-refractivity contribution in [2.24, 2.45) is 0 Å². The average molecular weight is 221 g/mol. The van der Waals surface area contributed by atoms with E-state index < -0.39 is 0 Å². The molecule has 1 fully saturated rings. The van der Waals surface area contributed by atoms with Gasteiger partial charge in [-0.15, -0.1) is 5.10 Å². The lowest BCUT2D eigenvalue weighted by molar-refractivity contribution is 0.464. The predicted octanol–water partition coefficient (Wildman–Crippen LogP) is 2.00. The summed E-state index contributed by atoms with van der Waals surface area (Å²) in [6.07, 6.45) is 6.53. The number of nitrogens with one attached hydrogen (secondary N) is 1. The van der Waals surface area contributed by atoms with Gasteiger partial charge in [0.25, 0.3) is 0 Å². The number of aromatic amines is 1. The van der Waals surface area contributed by atoms with Crippen molar-refractivity contribution in [2.45, 2.75) is 31.7 Å². The van der Waals surface area contributed by atoms with E-state index in [1.54, 1.807) is 6.33 Å². The van der Waals surface area contributed by atoms with Crippen molar-refractivity contribution < 1.29 is 0 Å². The van der Waals surface area contributed by atoms with Crippen LogP contribution in [0.5, 0.6) is 0 Å². The van der Waals surface area contributed by atoms with Gasteiger partial charge in [-0.3, -0.25) is 0 Å². The second-order valence-corrected chi connectivity index (χ2v) is 4.26. The molecule has 15 heavy (non-hydrogen) atoms. The lowest BCUT2D eigenvalue weighted by atomic mass is 10.2. The Morgan fingerprint density at radius 2 is 2.20 bits per heavy atom. The van der Waals surface area contributed by atoms with Gasteiger partial charge in [-0.05, 0) is 12.8 Å². The standard InChI is InChI=1S/C9H11N5S/c15-9-7-8(10-5-11-9)14(13-12-7)6-3-1-2-4-6/h5-6H,1-4H2,(H,10,11,15). The maximum Gasteiger partial charge on any atom is 0.166 e. The Morgan fingerprint density at radius 1 is 1.40 bits per heavy atom. The maximum atomic E-state index is 5.09. The van der Waals surface area contributed by atoms with Crippen LogP contribution in [0.3, 0.4) is 0 Å². The molecule has 1 saturated carbocycles. The maximum absolute atomic E-state index is 5.09. The third kappa shape index (κ3) is 1.36. The second-order valence-electron chi connectivity index (χ2n) is 3.88. The quantitative estimate of drug-likeness (QED) is 0.748. The summed E-state index contributed by atoms with van der Waals surface area (Å²) in [6.45, 7) is 0. The van der Waals surface area contributed by atoms with E-state index in [4.69, 9.17) is 12.2 Å². The SMILES string of the molecule is S=c1nc[nH]c2c1nnn2C1CCCC1.